The number of hydrogen-bond donors (Lipinski definition) is 0. The number of aromatic nitrogens is 3. The zero-order valence-corrected chi connectivity index (χ0v) is 37.4. The van der Waals surface area contributed by atoms with Crippen LogP contribution in [0.15, 0.2) is 144 Å². The quantitative estimate of drug-likeness (QED) is 0.149. The first-order valence-electron chi connectivity index (χ1n) is 21.2. The number of hydrogen-bond acceptors (Lipinski definition) is 4. The third kappa shape index (κ3) is 8.61. The van der Waals surface area contributed by atoms with Gasteiger partial charge < -0.3 is 14.0 Å². The largest absolute Gasteiger partial charge is 0.500 e. The van der Waals surface area contributed by atoms with Crippen molar-refractivity contribution < 1.29 is 27.3 Å². The number of pyridine rings is 1. The second-order valence-corrected chi connectivity index (χ2v) is 16.5. The van der Waals surface area contributed by atoms with E-state index < -0.39 is 11.8 Å². The van der Waals surface area contributed by atoms with E-state index in [1.54, 1.807) is 12.3 Å². The molecule has 3 heterocycles. The SMILES string of the molecule is [2H]C([2H])(c1ccc(-c2cc(C(C)C)c(-n3c(-c4[c-]ccc5c4oc4cc(C#N)ccc45)nc4ccccc43)c(C(C)C)c2)cc1)C(C)(C)C.[Ir].[c-]1ccccc1-c1ccccn1. The van der Waals surface area contributed by atoms with Gasteiger partial charge in [-0.15, -0.1) is 54.1 Å². The molecule has 0 aliphatic carbocycles. The zero-order valence-electron chi connectivity index (χ0n) is 37.0. The second kappa shape index (κ2) is 17.6. The molecule has 0 spiro atoms. The van der Waals surface area contributed by atoms with Gasteiger partial charge in [0, 0.05) is 40.1 Å². The molecule has 6 aromatic carbocycles. The van der Waals surface area contributed by atoms with Crippen LogP contribution in [0.5, 0.6) is 0 Å². The van der Waals surface area contributed by atoms with Crippen LogP contribution in [0, 0.1) is 28.9 Å². The van der Waals surface area contributed by atoms with Crippen molar-refractivity contribution in [3.8, 4) is 45.5 Å². The molecule has 0 fully saturated rings. The van der Waals surface area contributed by atoms with Crippen molar-refractivity contribution in [1.29, 1.82) is 5.26 Å². The molecule has 0 aliphatic rings. The molecule has 0 N–H and O–H groups in total. The first-order valence-corrected chi connectivity index (χ1v) is 20.2. The Morgan fingerprint density at radius 2 is 1.48 bits per heavy atom. The summed E-state index contributed by atoms with van der Waals surface area (Å²) in [6, 6.07) is 52.8. The molecule has 0 saturated carbocycles. The maximum absolute atomic E-state index is 9.53. The van der Waals surface area contributed by atoms with Crippen LogP contribution in [0.3, 0.4) is 0 Å². The first kappa shape index (κ1) is 39.3. The summed E-state index contributed by atoms with van der Waals surface area (Å²) in [7, 11) is 0. The van der Waals surface area contributed by atoms with E-state index in [4.69, 9.17) is 12.1 Å². The predicted molar refractivity (Wildman–Crippen MR) is 243 cm³/mol. The normalized spacial score (nSPS) is 12.2. The summed E-state index contributed by atoms with van der Waals surface area (Å²) >= 11 is 0. The molecule has 5 nitrogen and oxygen atoms in total. The van der Waals surface area contributed by atoms with Crippen LogP contribution in [-0.4, -0.2) is 14.5 Å². The molecule has 0 atom stereocenters. The maximum atomic E-state index is 9.53. The number of nitrogens with zero attached hydrogens (tertiary/aromatic N) is 4. The van der Waals surface area contributed by atoms with Crippen LogP contribution in [0.25, 0.3) is 72.4 Å². The fourth-order valence-electron chi connectivity index (χ4n) is 7.64. The third-order valence-electron chi connectivity index (χ3n) is 10.4. The number of para-hydroxylation sites is 2. The summed E-state index contributed by atoms with van der Waals surface area (Å²) in [4.78, 5) is 9.45. The van der Waals surface area contributed by atoms with Crippen molar-refractivity contribution in [1.82, 2.24) is 14.5 Å². The Morgan fingerprint density at radius 3 is 2.13 bits per heavy atom. The number of furan rings is 1. The molecule has 0 aliphatic heterocycles. The summed E-state index contributed by atoms with van der Waals surface area (Å²) < 4.78 is 26.3. The Morgan fingerprint density at radius 1 is 0.767 bits per heavy atom. The number of benzene rings is 6. The third-order valence-corrected chi connectivity index (χ3v) is 10.4. The second-order valence-electron chi connectivity index (χ2n) is 16.5. The van der Waals surface area contributed by atoms with Gasteiger partial charge >= 0.3 is 0 Å². The van der Waals surface area contributed by atoms with Crippen LogP contribution in [-0.2, 0) is 26.5 Å². The number of fused-ring (bicyclic) bond motifs is 4. The molecular weight excluding hydrogens is 913 g/mol. The molecule has 9 aromatic rings. The Kier molecular flexibility index (Phi) is 11.6. The first-order chi connectivity index (χ1) is 29.3. The monoisotopic (exact) mass is 963 g/mol. The van der Waals surface area contributed by atoms with E-state index in [9.17, 15) is 5.26 Å². The topological polar surface area (TPSA) is 67.6 Å². The molecule has 9 rings (SSSR count). The molecule has 60 heavy (non-hydrogen) atoms. The standard InChI is InChI=1S/C43H40N3O.C11H8N.Ir/c1-26(2)35-22-31(30-18-15-28(16-19-30)24-43(5,6)7)23-36(27(3)4)40(35)46-38-14-9-8-13-37(38)45-42(46)34-12-10-11-33-32-20-17-29(25-44)21-39(32)47-41(33)34;1-2-6-10(7-3-1)11-8-4-5-9-12-11;/h8-11,13-23,26-27H,24H2,1-7H3;1-6,8-9H;/q2*-1;/i24D2;;. The van der Waals surface area contributed by atoms with E-state index >= 15 is 0 Å². The molecule has 0 saturated heterocycles. The molecular formula is C54H48IrN4O-2. The minimum absolute atomic E-state index is 0. The van der Waals surface area contributed by atoms with Gasteiger partial charge in [0.1, 0.15) is 5.58 Å². The summed E-state index contributed by atoms with van der Waals surface area (Å²) in [6.45, 7) is 14.7. The van der Waals surface area contributed by atoms with Crippen LogP contribution in [0.1, 0.15) is 85.3 Å². The van der Waals surface area contributed by atoms with Crippen LogP contribution in [0.4, 0.5) is 0 Å². The van der Waals surface area contributed by atoms with Gasteiger partial charge in [-0.05, 0) is 99.6 Å². The molecule has 0 unspecified atom stereocenters. The summed E-state index contributed by atoms with van der Waals surface area (Å²) in [6.07, 6.45) is 0.328. The zero-order chi connectivity index (χ0) is 43.1. The van der Waals surface area contributed by atoms with E-state index in [0.717, 1.165) is 61.3 Å². The average molecular weight is 963 g/mol. The van der Waals surface area contributed by atoms with Gasteiger partial charge in [-0.3, -0.25) is 4.98 Å². The van der Waals surface area contributed by atoms with Crippen molar-refractivity contribution in [2.75, 3.05) is 0 Å². The number of imidazole rings is 1. The van der Waals surface area contributed by atoms with E-state index in [0.29, 0.717) is 22.3 Å². The Balaban J connectivity index is 0.000000382. The predicted octanol–water partition coefficient (Wildman–Crippen LogP) is 14.3. The number of nitriles is 1. The van der Waals surface area contributed by atoms with Gasteiger partial charge in [0.15, 0.2) is 0 Å². The van der Waals surface area contributed by atoms with Gasteiger partial charge in [-0.1, -0.05) is 114 Å². The molecule has 0 bridgehead atoms. The van der Waals surface area contributed by atoms with E-state index in [-0.39, 0.29) is 31.9 Å². The van der Waals surface area contributed by atoms with Crippen LogP contribution in [0.2, 0.25) is 0 Å². The van der Waals surface area contributed by atoms with Gasteiger partial charge in [0.25, 0.3) is 0 Å². The summed E-state index contributed by atoms with van der Waals surface area (Å²) in [5.41, 5.74) is 12.3. The van der Waals surface area contributed by atoms with Gasteiger partial charge in [0.05, 0.1) is 34.1 Å². The van der Waals surface area contributed by atoms with Crippen LogP contribution >= 0.6 is 0 Å². The van der Waals surface area contributed by atoms with Crippen LogP contribution < -0.4 is 0 Å². The van der Waals surface area contributed by atoms with Crippen molar-refractivity contribution >= 4 is 33.0 Å². The average Bonchev–Trinajstić information content (AvgIpc) is 3.84. The van der Waals surface area contributed by atoms with Crippen molar-refractivity contribution in [3.05, 3.63) is 174 Å². The summed E-state index contributed by atoms with van der Waals surface area (Å²) in [5, 5.41) is 11.4. The minimum Gasteiger partial charge on any atom is -0.500 e. The Labute approximate surface area is 369 Å². The molecule has 0 amide bonds. The molecule has 6 heteroatoms. The summed E-state index contributed by atoms with van der Waals surface area (Å²) in [5.74, 6) is 1.12. The van der Waals surface area contributed by atoms with Crippen molar-refractivity contribution in [3.63, 3.8) is 0 Å². The fraction of sp³-hybridized carbons (Fsp3) is 0.204. The Bertz CT molecular complexity index is 2980. The van der Waals surface area contributed by atoms with E-state index in [2.05, 4.69) is 91.8 Å². The minimum atomic E-state index is -1.46. The van der Waals surface area contributed by atoms with Crippen molar-refractivity contribution in [2.24, 2.45) is 5.41 Å². The Hall–Kier alpha value is -6.12. The molecule has 301 valence electrons. The fourth-order valence-corrected chi connectivity index (χ4v) is 7.64. The smallest absolute Gasteiger partial charge is 0.122 e. The molecule has 1 radical (unpaired) electrons. The number of rotatable bonds is 7. The molecule has 3 aromatic heterocycles. The van der Waals surface area contributed by atoms with E-state index in [1.165, 1.54) is 11.1 Å². The van der Waals surface area contributed by atoms with E-state index in [1.807, 2.05) is 112 Å². The van der Waals surface area contributed by atoms with Crippen molar-refractivity contribution in [2.45, 2.75) is 66.7 Å². The van der Waals surface area contributed by atoms with Gasteiger partial charge in [-0.2, -0.15) is 5.26 Å². The van der Waals surface area contributed by atoms with Gasteiger partial charge in [-0.25, -0.2) is 0 Å². The maximum Gasteiger partial charge on any atom is 0.122 e. The van der Waals surface area contributed by atoms with Gasteiger partial charge in [0.2, 0.25) is 0 Å².